The molecule has 0 amide bonds. The van der Waals surface area contributed by atoms with Gasteiger partial charge in [0.15, 0.2) is 0 Å². The summed E-state index contributed by atoms with van der Waals surface area (Å²) in [6.45, 7) is 1.95. The van der Waals surface area contributed by atoms with Crippen molar-refractivity contribution >= 4 is 11.6 Å². The van der Waals surface area contributed by atoms with Crippen molar-refractivity contribution in [1.29, 1.82) is 0 Å². The third-order valence-electron chi connectivity index (χ3n) is 2.39. The van der Waals surface area contributed by atoms with Crippen LogP contribution in [0.3, 0.4) is 0 Å². The second-order valence-corrected chi connectivity index (χ2v) is 4.17. The first-order chi connectivity index (χ1) is 7.24. The number of nitrogens with zero attached hydrogens (tertiary/aromatic N) is 4. The molecule has 0 saturated heterocycles. The Balaban J connectivity index is 2.18. The molecule has 5 heteroatoms. The van der Waals surface area contributed by atoms with Crippen molar-refractivity contribution in [1.82, 2.24) is 19.7 Å². The van der Waals surface area contributed by atoms with Crippen molar-refractivity contribution in [3.63, 3.8) is 0 Å². The number of aromatic nitrogens is 3. The fourth-order valence-electron chi connectivity index (χ4n) is 1.44. The van der Waals surface area contributed by atoms with Gasteiger partial charge in [-0.05, 0) is 26.4 Å². The largest absolute Gasteiger partial charge is 0.299 e. The van der Waals surface area contributed by atoms with E-state index in [1.54, 1.807) is 6.33 Å². The lowest BCUT2D eigenvalue weighted by Crippen LogP contribution is -2.21. The molecule has 0 fully saturated rings. The van der Waals surface area contributed by atoms with E-state index in [0.29, 0.717) is 0 Å². The predicted molar refractivity (Wildman–Crippen MR) is 61.9 cm³/mol. The maximum atomic E-state index is 5.62. The molecular formula is C10H19ClN4. The summed E-state index contributed by atoms with van der Waals surface area (Å²) in [6, 6.07) is 0. The van der Waals surface area contributed by atoms with Crippen molar-refractivity contribution in [2.24, 2.45) is 7.05 Å². The molecular weight excluding hydrogens is 212 g/mol. The topological polar surface area (TPSA) is 34.0 Å². The van der Waals surface area contributed by atoms with Gasteiger partial charge in [-0.2, -0.15) is 5.10 Å². The van der Waals surface area contributed by atoms with Crippen molar-refractivity contribution in [3.05, 3.63) is 12.2 Å². The van der Waals surface area contributed by atoms with Gasteiger partial charge in [0.05, 0.1) is 6.54 Å². The fraction of sp³-hybridized carbons (Fsp3) is 0.800. The maximum Gasteiger partial charge on any atom is 0.140 e. The van der Waals surface area contributed by atoms with Gasteiger partial charge in [0.1, 0.15) is 12.2 Å². The van der Waals surface area contributed by atoms with E-state index in [4.69, 9.17) is 11.6 Å². The summed E-state index contributed by atoms with van der Waals surface area (Å²) >= 11 is 5.62. The first-order valence-electron chi connectivity index (χ1n) is 5.31. The van der Waals surface area contributed by atoms with Crippen molar-refractivity contribution in [2.75, 3.05) is 19.5 Å². The number of rotatable bonds is 7. The molecule has 0 aliphatic rings. The highest BCUT2D eigenvalue weighted by molar-refractivity contribution is 6.17. The molecule has 0 unspecified atom stereocenters. The molecule has 0 bridgehead atoms. The molecule has 1 aromatic heterocycles. The Hall–Kier alpha value is -0.610. The molecule has 0 N–H and O–H groups in total. The summed E-state index contributed by atoms with van der Waals surface area (Å²) in [5, 5.41) is 4.04. The SMILES string of the molecule is CN(CCCCCCl)Cc1ncnn1C. The van der Waals surface area contributed by atoms with Crippen molar-refractivity contribution in [2.45, 2.75) is 25.8 Å². The van der Waals surface area contributed by atoms with E-state index in [9.17, 15) is 0 Å². The highest BCUT2D eigenvalue weighted by Gasteiger charge is 2.04. The Bertz CT molecular complexity index is 274. The summed E-state index contributed by atoms with van der Waals surface area (Å²) in [7, 11) is 4.03. The molecule has 15 heavy (non-hydrogen) atoms. The molecule has 0 atom stereocenters. The van der Waals surface area contributed by atoms with E-state index < -0.39 is 0 Å². The molecule has 0 radical (unpaired) electrons. The molecule has 0 aromatic carbocycles. The lowest BCUT2D eigenvalue weighted by atomic mass is 10.2. The fourth-order valence-corrected chi connectivity index (χ4v) is 1.63. The van der Waals surface area contributed by atoms with Gasteiger partial charge in [0.25, 0.3) is 0 Å². The molecule has 4 nitrogen and oxygen atoms in total. The van der Waals surface area contributed by atoms with E-state index >= 15 is 0 Å². The van der Waals surface area contributed by atoms with Gasteiger partial charge in [0.2, 0.25) is 0 Å². The molecule has 0 aliphatic carbocycles. The van der Waals surface area contributed by atoms with Crippen LogP contribution in [-0.4, -0.2) is 39.1 Å². The zero-order valence-electron chi connectivity index (χ0n) is 9.49. The first-order valence-corrected chi connectivity index (χ1v) is 5.85. The van der Waals surface area contributed by atoms with Crippen molar-refractivity contribution < 1.29 is 0 Å². The predicted octanol–water partition coefficient (Wildman–Crippen LogP) is 1.66. The highest BCUT2D eigenvalue weighted by atomic mass is 35.5. The van der Waals surface area contributed by atoms with E-state index in [2.05, 4.69) is 22.0 Å². The quantitative estimate of drug-likeness (QED) is 0.528. The summed E-state index contributed by atoms with van der Waals surface area (Å²) < 4.78 is 1.81. The third kappa shape index (κ3) is 4.62. The smallest absolute Gasteiger partial charge is 0.140 e. The molecule has 0 saturated carbocycles. The monoisotopic (exact) mass is 230 g/mol. The zero-order valence-corrected chi connectivity index (χ0v) is 10.2. The number of aryl methyl sites for hydroxylation is 1. The van der Waals surface area contributed by atoms with Crippen LogP contribution in [0.5, 0.6) is 0 Å². The standard InChI is InChI=1S/C10H19ClN4/c1-14(7-5-3-4-6-11)8-10-12-9-13-15(10)2/h9H,3-8H2,1-2H3. The lowest BCUT2D eigenvalue weighted by molar-refractivity contribution is 0.305. The minimum Gasteiger partial charge on any atom is -0.299 e. The van der Waals surface area contributed by atoms with Gasteiger partial charge in [-0.25, -0.2) is 4.98 Å². The Morgan fingerprint density at radius 3 is 2.80 bits per heavy atom. The van der Waals surface area contributed by atoms with Crippen LogP contribution in [0.4, 0.5) is 0 Å². The number of hydrogen-bond donors (Lipinski definition) is 0. The van der Waals surface area contributed by atoms with Gasteiger partial charge >= 0.3 is 0 Å². The number of unbranched alkanes of at least 4 members (excludes halogenated alkanes) is 2. The van der Waals surface area contributed by atoms with Crippen LogP contribution in [0.2, 0.25) is 0 Å². The Morgan fingerprint density at radius 1 is 1.40 bits per heavy atom. The van der Waals surface area contributed by atoms with Gasteiger partial charge in [-0.3, -0.25) is 9.58 Å². The average Bonchev–Trinajstić information content (AvgIpc) is 2.59. The van der Waals surface area contributed by atoms with E-state index in [0.717, 1.165) is 31.2 Å². The molecule has 1 heterocycles. The number of hydrogen-bond acceptors (Lipinski definition) is 3. The van der Waals surface area contributed by atoms with Gasteiger partial charge in [-0.1, -0.05) is 6.42 Å². The minimum atomic E-state index is 0.771. The molecule has 1 rings (SSSR count). The van der Waals surface area contributed by atoms with Crippen LogP contribution < -0.4 is 0 Å². The zero-order chi connectivity index (χ0) is 11.1. The normalized spacial score (nSPS) is 11.2. The summed E-state index contributed by atoms with van der Waals surface area (Å²) in [5.41, 5.74) is 0. The average molecular weight is 231 g/mol. The van der Waals surface area contributed by atoms with Crippen LogP contribution in [0.25, 0.3) is 0 Å². The number of alkyl halides is 1. The molecule has 0 spiro atoms. The van der Waals surface area contributed by atoms with Gasteiger partial charge in [0, 0.05) is 12.9 Å². The van der Waals surface area contributed by atoms with E-state index in [1.165, 1.54) is 12.8 Å². The second-order valence-electron chi connectivity index (χ2n) is 3.79. The molecule has 1 aromatic rings. The maximum absolute atomic E-state index is 5.62. The Labute approximate surface area is 96.2 Å². The van der Waals surface area contributed by atoms with Gasteiger partial charge < -0.3 is 0 Å². The molecule has 0 aliphatic heterocycles. The first kappa shape index (κ1) is 12.5. The second kappa shape index (κ2) is 6.80. The summed E-state index contributed by atoms with van der Waals surface area (Å²) in [6.07, 6.45) is 5.10. The third-order valence-corrected chi connectivity index (χ3v) is 2.66. The number of halogens is 1. The van der Waals surface area contributed by atoms with Crippen LogP contribution in [0, 0.1) is 0 Å². The van der Waals surface area contributed by atoms with Crippen LogP contribution in [0.1, 0.15) is 25.1 Å². The lowest BCUT2D eigenvalue weighted by Gasteiger charge is -2.15. The van der Waals surface area contributed by atoms with Gasteiger partial charge in [-0.15, -0.1) is 11.6 Å². The highest BCUT2D eigenvalue weighted by Crippen LogP contribution is 2.02. The summed E-state index contributed by atoms with van der Waals surface area (Å²) in [4.78, 5) is 6.45. The van der Waals surface area contributed by atoms with E-state index in [1.807, 2.05) is 11.7 Å². The van der Waals surface area contributed by atoms with Crippen LogP contribution in [0.15, 0.2) is 6.33 Å². The Kier molecular flexibility index (Phi) is 5.65. The van der Waals surface area contributed by atoms with Crippen LogP contribution in [-0.2, 0) is 13.6 Å². The Morgan fingerprint density at radius 2 is 2.20 bits per heavy atom. The van der Waals surface area contributed by atoms with Crippen LogP contribution >= 0.6 is 11.6 Å². The molecule has 86 valence electrons. The van der Waals surface area contributed by atoms with Crippen molar-refractivity contribution in [3.8, 4) is 0 Å². The minimum absolute atomic E-state index is 0.771. The van der Waals surface area contributed by atoms with E-state index in [-0.39, 0.29) is 0 Å². The summed E-state index contributed by atoms with van der Waals surface area (Å²) in [5.74, 6) is 1.78.